The lowest BCUT2D eigenvalue weighted by atomic mass is 10.5. The van der Waals surface area contributed by atoms with Gasteiger partial charge in [0.15, 0.2) is 0 Å². The zero-order valence-corrected chi connectivity index (χ0v) is 4.44. The molecule has 0 aliphatic rings. The van der Waals surface area contributed by atoms with E-state index in [1.165, 1.54) is 0 Å². The van der Waals surface area contributed by atoms with Crippen LogP contribution in [0.15, 0.2) is 12.4 Å². The van der Waals surface area contributed by atoms with Gasteiger partial charge in [-0.1, -0.05) is 0 Å². The molecule has 0 radical (unpaired) electrons. The molecular formula is C4H3N5. The van der Waals surface area contributed by atoms with E-state index in [2.05, 4.69) is 25.6 Å². The second-order valence-corrected chi connectivity index (χ2v) is 1.60. The maximum Gasteiger partial charge on any atom is 0.133 e. The molecule has 0 aliphatic heterocycles. The van der Waals surface area contributed by atoms with Crippen LogP contribution in [0.1, 0.15) is 0 Å². The Bertz CT molecular complexity index is 283. The van der Waals surface area contributed by atoms with Gasteiger partial charge in [-0.15, -0.1) is 10.2 Å². The van der Waals surface area contributed by atoms with Gasteiger partial charge in [0.2, 0.25) is 0 Å². The Morgan fingerprint density at radius 1 is 1.00 bits per heavy atom. The maximum absolute atomic E-state index is 3.69. The third kappa shape index (κ3) is 0.543. The molecule has 2 heterocycles. The minimum Gasteiger partial charge on any atom is -0.364 e. The van der Waals surface area contributed by atoms with Crippen LogP contribution in [0.4, 0.5) is 0 Å². The molecule has 2 aromatic heterocycles. The van der Waals surface area contributed by atoms with Crippen LogP contribution in [0.5, 0.6) is 0 Å². The largest absolute Gasteiger partial charge is 0.364 e. The summed E-state index contributed by atoms with van der Waals surface area (Å²) >= 11 is 0. The molecule has 0 aliphatic carbocycles. The van der Waals surface area contributed by atoms with E-state index in [-0.39, 0.29) is 0 Å². The zero-order chi connectivity index (χ0) is 6.10. The minimum absolute atomic E-state index is 0.741. The monoisotopic (exact) mass is 121 g/mol. The molecule has 2 rings (SSSR count). The zero-order valence-electron chi connectivity index (χ0n) is 4.44. The molecule has 1 N–H and O–H groups in total. The lowest BCUT2D eigenvalue weighted by molar-refractivity contribution is 0.799. The molecule has 0 unspecified atom stereocenters. The first-order valence-electron chi connectivity index (χ1n) is 2.45. The standard InChI is InChI=1S/C4H3N5/c1-3-4(2-5-1)7-9-8-6-3/h1-2,5H. The highest BCUT2D eigenvalue weighted by atomic mass is 15.4. The van der Waals surface area contributed by atoms with Crippen LogP contribution in [0.3, 0.4) is 0 Å². The number of hydrogen-bond acceptors (Lipinski definition) is 4. The van der Waals surface area contributed by atoms with Crippen LogP contribution >= 0.6 is 0 Å². The smallest absolute Gasteiger partial charge is 0.133 e. The molecule has 0 bridgehead atoms. The van der Waals surface area contributed by atoms with Crippen molar-refractivity contribution >= 4 is 11.0 Å². The molecule has 9 heavy (non-hydrogen) atoms. The van der Waals surface area contributed by atoms with Gasteiger partial charge in [-0.2, -0.15) is 0 Å². The summed E-state index contributed by atoms with van der Waals surface area (Å²) in [5, 5.41) is 14.1. The van der Waals surface area contributed by atoms with Crippen LogP contribution in [-0.2, 0) is 0 Å². The fraction of sp³-hybridized carbons (Fsp3) is 0. The van der Waals surface area contributed by atoms with Crippen molar-refractivity contribution in [2.24, 2.45) is 0 Å². The third-order valence-electron chi connectivity index (χ3n) is 1.05. The van der Waals surface area contributed by atoms with Gasteiger partial charge in [0.1, 0.15) is 11.0 Å². The van der Waals surface area contributed by atoms with Crippen molar-refractivity contribution in [1.82, 2.24) is 25.6 Å². The van der Waals surface area contributed by atoms with E-state index >= 15 is 0 Å². The Labute approximate surface area is 50.1 Å². The van der Waals surface area contributed by atoms with Gasteiger partial charge in [-0.25, -0.2) is 0 Å². The summed E-state index contributed by atoms with van der Waals surface area (Å²) in [6.45, 7) is 0. The number of aromatic nitrogens is 5. The van der Waals surface area contributed by atoms with Crippen molar-refractivity contribution in [2.75, 3.05) is 0 Å². The van der Waals surface area contributed by atoms with Crippen molar-refractivity contribution < 1.29 is 0 Å². The van der Waals surface area contributed by atoms with E-state index < -0.39 is 0 Å². The minimum atomic E-state index is 0.741. The van der Waals surface area contributed by atoms with Crippen LogP contribution in [0, 0.1) is 0 Å². The average molecular weight is 121 g/mol. The summed E-state index contributed by atoms with van der Waals surface area (Å²) in [7, 11) is 0. The molecule has 0 spiro atoms. The molecular weight excluding hydrogens is 118 g/mol. The normalized spacial score (nSPS) is 10.2. The molecule has 0 aromatic carbocycles. The number of nitrogens with one attached hydrogen (secondary N) is 1. The van der Waals surface area contributed by atoms with Gasteiger partial charge in [0.25, 0.3) is 0 Å². The van der Waals surface area contributed by atoms with Crippen molar-refractivity contribution in [2.45, 2.75) is 0 Å². The van der Waals surface area contributed by atoms with Crippen LogP contribution in [0.2, 0.25) is 0 Å². The molecule has 0 saturated heterocycles. The van der Waals surface area contributed by atoms with E-state index in [1.54, 1.807) is 12.4 Å². The fourth-order valence-electron chi connectivity index (χ4n) is 0.644. The SMILES string of the molecule is c1[nH]cc2nnnnc12. The summed E-state index contributed by atoms with van der Waals surface area (Å²) in [4.78, 5) is 2.83. The number of nitrogens with zero attached hydrogens (tertiary/aromatic N) is 4. The fourth-order valence-corrected chi connectivity index (χ4v) is 0.644. The predicted octanol–water partition coefficient (Wildman–Crippen LogP) is -0.252. The number of rotatable bonds is 0. The molecule has 0 saturated carbocycles. The van der Waals surface area contributed by atoms with Gasteiger partial charge in [-0.05, 0) is 10.4 Å². The molecule has 5 nitrogen and oxygen atoms in total. The Hall–Kier alpha value is -1.52. The molecule has 0 fully saturated rings. The number of H-pyrrole nitrogens is 1. The Balaban J connectivity index is 2.95. The number of aromatic amines is 1. The maximum atomic E-state index is 3.69. The molecule has 0 amide bonds. The van der Waals surface area contributed by atoms with Crippen molar-refractivity contribution in [3.8, 4) is 0 Å². The predicted molar refractivity (Wildman–Crippen MR) is 29.5 cm³/mol. The van der Waals surface area contributed by atoms with Crippen molar-refractivity contribution in [3.05, 3.63) is 12.4 Å². The Kier molecular flexibility index (Phi) is 0.717. The Morgan fingerprint density at radius 3 is 2.11 bits per heavy atom. The van der Waals surface area contributed by atoms with Gasteiger partial charge in [-0.3, -0.25) is 0 Å². The van der Waals surface area contributed by atoms with Gasteiger partial charge in [0.05, 0.1) is 0 Å². The lowest BCUT2D eigenvalue weighted by Crippen LogP contribution is -1.88. The second kappa shape index (κ2) is 1.48. The van der Waals surface area contributed by atoms with E-state index in [4.69, 9.17) is 0 Å². The van der Waals surface area contributed by atoms with Crippen molar-refractivity contribution in [1.29, 1.82) is 0 Å². The first-order chi connectivity index (χ1) is 4.47. The van der Waals surface area contributed by atoms with Crippen molar-refractivity contribution in [3.63, 3.8) is 0 Å². The first-order valence-corrected chi connectivity index (χ1v) is 2.45. The van der Waals surface area contributed by atoms with Crippen LogP contribution in [-0.4, -0.2) is 25.6 Å². The van der Waals surface area contributed by atoms with Gasteiger partial charge in [0, 0.05) is 12.4 Å². The highest BCUT2D eigenvalue weighted by Crippen LogP contribution is 2.00. The number of fused-ring (bicyclic) bond motifs is 1. The summed E-state index contributed by atoms with van der Waals surface area (Å²) in [6.07, 6.45) is 3.44. The summed E-state index contributed by atoms with van der Waals surface area (Å²) in [5.74, 6) is 0. The van der Waals surface area contributed by atoms with Crippen LogP contribution in [0.25, 0.3) is 11.0 Å². The molecule has 0 atom stereocenters. The molecule has 44 valence electrons. The summed E-state index contributed by atoms with van der Waals surface area (Å²) in [5.41, 5.74) is 1.48. The lowest BCUT2D eigenvalue weighted by Gasteiger charge is -1.77. The number of hydrogen-bond donors (Lipinski definition) is 1. The molecule has 2 aromatic rings. The topological polar surface area (TPSA) is 67.3 Å². The van der Waals surface area contributed by atoms with Crippen LogP contribution < -0.4 is 0 Å². The highest BCUT2D eigenvalue weighted by molar-refractivity contribution is 5.71. The van der Waals surface area contributed by atoms with E-state index in [1.807, 2.05) is 0 Å². The van der Waals surface area contributed by atoms with E-state index in [9.17, 15) is 0 Å². The first kappa shape index (κ1) is 4.37. The quantitative estimate of drug-likeness (QED) is 0.521. The Morgan fingerprint density at radius 2 is 1.56 bits per heavy atom. The highest BCUT2D eigenvalue weighted by Gasteiger charge is 1.92. The summed E-state index contributed by atoms with van der Waals surface area (Å²) < 4.78 is 0. The average Bonchev–Trinajstić information content (AvgIpc) is 2.33. The molecule has 5 heteroatoms. The van der Waals surface area contributed by atoms with Gasteiger partial charge >= 0.3 is 0 Å². The van der Waals surface area contributed by atoms with Gasteiger partial charge < -0.3 is 4.98 Å². The third-order valence-corrected chi connectivity index (χ3v) is 1.05. The van der Waals surface area contributed by atoms with E-state index in [0.29, 0.717) is 0 Å². The van der Waals surface area contributed by atoms with E-state index in [0.717, 1.165) is 11.0 Å². The second-order valence-electron chi connectivity index (χ2n) is 1.60. The summed E-state index contributed by atoms with van der Waals surface area (Å²) in [6, 6.07) is 0.